The molecule has 0 aliphatic carbocycles. The van der Waals surface area contributed by atoms with Gasteiger partial charge in [-0.05, 0) is 19.1 Å². The van der Waals surface area contributed by atoms with Crippen LogP contribution in [0.15, 0.2) is 18.2 Å². The van der Waals surface area contributed by atoms with Crippen LogP contribution in [-0.2, 0) is 4.74 Å². The largest absolute Gasteiger partial charge is 0.490 e. The number of halogens is 1. The minimum atomic E-state index is -0.558. The molecule has 1 aromatic carbocycles. The van der Waals surface area contributed by atoms with Crippen LogP contribution in [0.2, 0.25) is 0 Å². The predicted molar refractivity (Wildman–Crippen MR) is 65.3 cm³/mol. The van der Waals surface area contributed by atoms with Crippen molar-refractivity contribution in [2.75, 3.05) is 20.3 Å². The highest BCUT2D eigenvalue weighted by atomic mass is 19.1. The molecule has 0 unspecified atom stereocenters. The summed E-state index contributed by atoms with van der Waals surface area (Å²) in [5.74, 6) is -0.641. The van der Waals surface area contributed by atoms with Crippen molar-refractivity contribution in [2.45, 2.75) is 6.92 Å². The monoisotopic (exact) mass is 234 g/mol. The average molecular weight is 234 g/mol. The van der Waals surface area contributed by atoms with E-state index in [9.17, 15) is 9.18 Å². The summed E-state index contributed by atoms with van der Waals surface area (Å²) in [5, 5.41) is 0. The second kappa shape index (κ2) is 8.82. The molecule has 1 rings (SSSR count). The Kier molecular flexibility index (Phi) is 8.15. The van der Waals surface area contributed by atoms with E-state index in [1.165, 1.54) is 19.1 Å². The van der Waals surface area contributed by atoms with Gasteiger partial charge < -0.3 is 9.47 Å². The van der Waals surface area contributed by atoms with Crippen LogP contribution in [0.1, 0.15) is 17.3 Å². The highest BCUT2D eigenvalue weighted by molar-refractivity contribution is 6.75. The van der Waals surface area contributed by atoms with Gasteiger partial charge in [0.05, 0.1) is 12.2 Å². The van der Waals surface area contributed by atoms with Crippen LogP contribution in [0.3, 0.4) is 0 Å². The maximum atomic E-state index is 13.3. The fourth-order valence-corrected chi connectivity index (χ4v) is 1.20. The summed E-state index contributed by atoms with van der Waals surface area (Å²) in [6.07, 6.45) is 0. The van der Waals surface area contributed by atoms with E-state index >= 15 is 0 Å². The third-order valence-electron chi connectivity index (χ3n) is 1.87. The van der Waals surface area contributed by atoms with E-state index < -0.39 is 5.82 Å². The normalized spacial score (nSPS) is 9.12. The maximum absolute atomic E-state index is 13.3. The van der Waals surface area contributed by atoms with E-state index in [-0.39, 0.29) is 17.1 Å². The number of carbonyl (C=O) groups is 1. The van der Waals surface area contributed by atoms with Crippen LogP contribution in [0.5, 0.6) is 5.75 Å². The van der Waals surface area contributed by atoms with Gasteiger partial charge in [0.25, 0.3) is 0 Å². The Balaban J connectivity index is 0.00000121. The van der Waals surface area contributed by atoms with E-state index in [0.717, 1.165) is 0 Å². The number of methoxy groups -OCH3 is 1. The zero-order chi connectivity index (χ0) is 13.3. The molecule has 88 valence electrons. The van der Waals surface area contributed by atoms with Crippen molar-refractivity contribution in [1.82, 2.24) is 0 Å². The summed E-state index contributed by atoms with van der Waals surface area (Å²) in [4.78, 5) is 11.2. The lowest BCUT2D eigenvalue weighted by atomic mass is 9.81. The molecule has 0 aliphatic heterocycles. The van der Waals surface area contributed by atoms with Gasteiger partial charge in [0.15, 0.2) is 5.78 Å². The molecule has 0 spiro atoms. The minimum Gasteiger partial charge on any atom is -0.490 e. The summed E-state index contributed by atoms with van der Waals surface area (Å²) in [7, 11) is 9.54. The molecule has 1 aromatic rings. The van der Waals surface area contributed by atoms with E-state index in [4.69, 9.17) is 9.47 Å². The lowest BCUT2D eigenvalue weighted by Gasteiger charge is -2.09. The summed E-state index contributed by atoms with van der Waals surface area (Å²) in [5.41, 5.74) is -0.00592. The van der Waals surface area contributed by atoms with Gasteiger partial charge in [-0.2, -0.15) is 0 Å². The topological polar surface area (TPSA) is 35.5 Å². The number of hydrogen-bond donors (Lipinski definition) is 0. The van der Waals surface area contributed by atoms with Gasteiger partial charge in [0, 0.05) is 22.6 Å². The second-order valence-electron chi connectivity index (χ2n) is 3.01. The zero-order valence-electron chi connectivity index (χ0n) is 9.90. The molecule has 4 radical (unpaired) electrons. The van der Waals surface area contributed by atoms with E-state index in [1.54, 1.807) is 13.2 Å². The number of rotatable bonds is 5. The third-order valence-corrected chi connectivity index (χ3v) is 1.87. The van der Waals surface area contributed by atoms with Crippen molar-refractivity contribution in [3.05, 3.63) is 29.6 Å². The number of carbonyl (C=O) groups excluding carboxylic acids is 1. The summed E-state index contributed by atoms with van der Waals surface area (Å²) in [6, 6.07) is 4.30. The molecule has 0 saturated carbocycles. The lowest BCUT2D eigenvalue weighted by molar-refractivity contribution is 0.100. The highest BCUT2D eigenvalue weighted by Crippen LogP contribution is 2.21. The first-order valence-electron chi connectivity index (χ1n) is 4.91. The Bertz CT molecular complexity index is 359. The zero-order valence-corrected chi connectivity index (χ0v) is 9.90. The number of hydrogen-bond acceptors (Lipinski definition) is 3. The van der Waals surface area contributed by atoms with Gasteiger partial charge in [-0.1, -0.05) is 6.07 Å². The number of benzene rings is 1. The van der Waals surface area contributed by atoms with Gasteiger partial charge in [-0.25, -0.2) is 4.39 Å². The minimum absolute atomic E-state index is 0.00592. The van der Waals surface area contributed by atoms with Crippen molar-refractivity contribution in [1.29, 1.82) is 0 Å². The first-order valence-corrected chi connectivity index (χ1v) is 4.91. The molecule has 0 aromatic heterocycles. The molecular weight excluding hydrogens is 221 g/mol. The second-order valence-corrected chi connectivity index (χ2v) is 3.01. The Morgan fingerprint density at radius 2 is 2.00 bits per heavy atom. The maximum Gasteiger partial charge on any atom is 0.166 e. The van der Waals surface area contributed by atoms with Crippen LogP contribution < -0.4 is 4.74 Å². The molecule has 0 aliphatic rings. The van der Waals surface area contributed by atoms with Crippen molar-refractivity contribution in [2.24, 2.45) is 0 Å². The van der Waals surface area contributed by atoms with Crippen molar-refractivity contribution < 1.29 is 18.7 Å². The number of Topliss-reactive ketones (excluding diaryl/α,β-unsaturated/α-hetero) is 1. The highest BCUT2D eigenvalue weighted by Gasteiger charge is 2.13. The molecule has 0 heterocycles. The Labute approximate surface area is 103 Å². The molecule has 0 amide bonds. The molecule has 6 heteroatoms. The fourth-order valence-electron chi connectivity index (χ4n) is 1.20. The van der Waals surface area contributed by atoms with E-state index in [2.05, 4.69) is 15.5 Å². The molecule has 0 fully saturated rings. The summed E-state index contributed by atoms with van der Waals surface area (Å²) in [6.45, 7) is 2.00. The quantitative estimate of drug-likeness (QED) is 0.437. The summed E-state index contributed by atoms with van der Waals surface area (Å²) >= 11 is 0. The predicted octanol–water partition coefficient (Wildman–Crippen LogP) is 1.29. The van der Waals surface area contributed by atoms with Gasteiger partial charge in [-0.3, -0.25) is 4.79 Å². The van der Waals surface area contributed by atoms with Crippen molar-refractivity contribution in [3.8, 4) is 5.75 Å². The number of ether oxygens (including phenoxy) is 2. The Hall–Kier alpha value is -1.29. The van der Waals surface area contributed by atoms with Crippen molar-refractivity contribution >= 4 is 21.3 Å². The fraction of sp³-hybridized carbons (Fsp3) is 0.364. The van der Waals surface area contributed by atoms with Crippen LogP contribution >= 0.6 is 0 Å². The molecule has 3 nitrogen and oxygen atoms in total. The summed E-state index contributed by atoms with van der Waals surface area (Å²) < 4.78 is 23.3. The van der Waals surface area contributed by atoms with Gasteiger partial charge in [-0.15, -0.1) is 0 Å². The number of ketones is 1. The lowest BCUT2D eigenvalue weighted by Crippen LogP contribution is -2.08. The molecular formula is C11H13B2FO3. The van der Waals surface area contributed by atoms with Crippen LogP contribution in [0.4, 0.5) is 4.39 Å². The van der Waals surface area contributed by atoms with Gasteiger partial charge in [0.1, 0.15) is 18.2 Å². The smallest absolute Gasteiger partial charge is 0.166 e. The average Bonchev–Trinajstić information content (AvgIpc) is 2.31. The van der Waals surface area contributed by atoms with Crippen molar-refractivity contribution in [3.63, 3.8) is 0 Å². The standard InChI is InChI=1S/C11H13FO3.B2/c1-8(13)11-9(12)4-3-5-10(11)15-7-6-14-2;1-2/h3-5H,6-7H2,1-2H3;. The van der Waals surface area contributed by atoms with Crippen LogP contribution in [-0.4, -0.2) is 41.6 Å². The SMILES string of the molecule is COCCOc1cccc(F)c1C(C)=O.[B][B]. The van der Waals surface area contributed by atoms with Gasteiger partial charge in [0.2, 0.25) is 0 Å². The molecule has 0 saturated heterocycles. The Morgan fingerprint density at radius 3 is 2.53 bits per heavy atom. The molecule has 0 N–H and O–H groups in total. The first kappa shape index (κ1) is 15.7. The van der Waals surface area contributed by atoms with E-state index in [1.807, 2.05) is 0 Å². The first-order chi connectivity index (χ1) is 8.16. The molecule has 17 heavy (non-hydrogen) atoms. The Morgan fingerprint density at radius 1 is 1.35 bits per heavy atom. The third kappa shape index (κ3) is 5.04. The van der Waals surface area contributed by atoms with Crippen LogP contribution in [0.25, 0.3) is 0 Å². The molecule has 0 atom stereocenters. The molecule has 0 bridgehead atoms. The van der Waals surface area contributed by atoms with Gasteiger partial charge >= 0.3 is 0 Å². The van der Waals surface area contributed by atoms with Crippen LogP contribution in [0, 0.1) is 5.82 Å². The van der Waals surface area contributed by atoms with E-state index in [0.29, 0.717) is 13.2 Å².